The van der Waals surface area contributed by atoms with E-state index in [0.717, 1.165) is 5.56 Å². The van der Waals surface area contributed by atoms with E-state index in [-0.39, 0.29) is 12.3 Å². The summed E-state index contributed by atoms with van der Waals surface area (Å²) in [5.74, 6) is 0.109. The van der Waals surface area contributed by atoms with Crippen molar-refractivity contribution in [2.24, 2.45) is 5.41 Å². The third-order valence-corrected chi connectivity index (χ3v) is 3.49. The second-order valence-electron chi connectivity index (χ2n) is 5.17. The zero-order chi connectivity index (χ0) is 13.9. The topological polar surface area (TPSA) is 47.8 Å². The summed E-state index contributed by atoms with van der Waals surface area (Å²) in [6, 6.07) is 7.61. The summed E-state index contributed by atoms with van der Waals surface area (Å²) in [5.41, 5.74) is 0.498. The third-order valence-electron chi connectivity index (χ3n) is 3.12. The van der Waals surface area contributed by atoms with Crippen LogP contribution < -0.4 is 0 Å². The van der Waals surface area contributed by atoms with Crippen molar-refractivity contribution in [3.05, 3.63) is 47.5 Å². The highest BCUT2D eigenvalue weighted by molar-refractivity contribution is 6.31. The maximum atomic E-state index is 12.3. The average Bonchev–Trinajstić information content (AvgIpc) is 2.84. The number of nitrogens with zero attached hydrogens (tertiary/aromatic N) is 3. The number of hydrogen-bond acceptors (Lipinski definition) is 3. The van der Waals surface area contributed by atoms with Crippen LogP contribution in [0.25, 0.3) is 0 Å². The summed E-state index contributed by atoms with van der Waals surface area (Å²) < 4.78 is 1.54. The van der Waals surface area contributed by atoms with Gasteiger partial charge in [-0.05, 0) is 18.1 Å². The summed E-state index contributed by atoms with van der Waals surface area (Å²) in [5, 5.41) is 4.65. The van der Waals surface area contributed by atoms with Crippen LogP contribution in [0.4, 0.5) is 0 Å². The fraction of sp³-hybridized carbons (Fsp3) is 0.357. The lowest BCUT2D eigenvalue weighted by Gasteiger charge is -2.23. The average molecular weight is 278 g/mol. The maximum absolute atomic E-state index is 12.3. The molecule has 0 unspecified atom stereocenters. The van der Waals surface area contributed by atoms with Gasteiger partial charge >= 0.3 is 0 Å². The fourth-order valence-electron chi connectivity index (χ4n) is 1.89. The molecule has 0 amide bonds. The molecule has 0 spiro atoms. The summed E-state index contributed by atoms with van der Waals surface area (Å²) in [6.07, 6.45) is 3.58. The highest BCUT2D eigenvalue weighted by Gasteiger charge is 2.28. The lowest BCUT2D eigenvalue weighted by Crippen LogP contribution is -2.30. The number of hydrogen-bond donors (Lipinski definition) is 0. The van der Waals surface area contributed by atoms with Gasteiger partial charge in [-0.1, -0.05) is 43.6 Å². The van der Waals surface area contributed by atoms with Gasteiger partial charge in [0.1, 0.15) is 19.2 Å². The first kappa shape index (κ1) is 13.7. The molecular formula is C14H16ClN3O. The van der Waals surface area contributed by atoms with E-state index >= 15 is 0 Å². The number of Topliss-reactive ketones (excluding diaryl/α,β-unsaturated/α-hetero) is 1. The summed E-state index contributed by atoms with van der Waals surface area (Å²) in [6.45, 7) is 4.09. The Morgan fingerprint density at radius 3 is 2.74 bits per heavy atom. The van der Waals surface area contributed by atoms with Crippen LogP contribution in [0, 0.1) is 5.41 Å². The molecular weight excluding hydrogens is 262 g/mol. The summed E-state index contributed by atoms with van der Waals surface area (Å²) >= 11 is 6.14. The van der Waals surface area contributed by atoms with Gasteiger partial charge in [0, 0.05) is 10.4 Å². The standard InChI is InChI=1S/C14H16ClN3O/c1-14(2,7-11-5-3-4-6-12(11)15)13(19)8-18-10-16-9-17-18/h3-6,9-10H,7-8H2,1-2H3. The van der Waals surface area contributed by atoms with Crippen LogP contribution in [0.1, 0.15) is 19.4 Å². The molecule has 0 aliphatic carbocycles. The minimum Gasteiger partial charge on any atom is -0.297 e. The predicted molar refractivity (Wildman–Crippen MR) is 74.0 cm³/mol. The second-order valence-corrected chi connectivity index (χ2v) is 5.58. The van der Waals surface area contributed by atoms with E-state index in [0.29, 0.717) is 11.4 Å². The Bertz CT molecular complexity index is 564. The van der Waals surface area contributed by atoms with Gasteiger partial charge in [-0.25, -0.2) is 9.67 Å². The largest absolute Gasteiger partial charge is 0.297 e. The van der Waals surface area contributed by atoms with E-state index in [1.54, 1.807) is 6.33 Å². The molecule has 0 saturated heterocycles. The molecule has 19 heavy (non-hydrogen) atoms. The van der Waals surface area contributed by atoms with E-state index < -0.39 is 5.41 Å². The van der Waals surface area contributed by atoms with E-state index in [2.05, 4.69) is 10.1 Å². The van der Waals surface area contributed by atoms with Crippen molar-refractivity contribution >= 4 is 17.4 Å². The Kier molecular flexibility index (Phi) is 4.00. The van der Waals surface area contributed by atoms with Crippen molar-refractivity contribution in [3.8, 4) is 0 Å². The van der Waals surface area contributed by atoms with E-state index in [1.807, 2.05) is 38.1 Å². The van der Waals surface area contributed by atoms with Gasteiger partial charge < -0.3 is 0 Å². The number of benzene rings is 1. The molecule has 5 heteroatoms. The van der Waals surface area contributed by atoms with Gasteiger partial charge in [0.15, 0.2) is 5.78 Å². The van der Waals surface area contributed by atoms with Gasteiger partial charge in [-0.3, -0.25) is 4.79 Å². The van der Waals surface area contributed by atoms with Crippen molar-refractivity contribution in [2.75, 3.05) is 0 Å². The number of ketones is 1. The van der Waals surface area contributed by atoms with Gasteiger partial charge in [0.25, 0.3) is 0 Å². The molecule has 2 rings (SSSR count). The molecule has 0 N–H and O–H groups in total. The molecule has 1 heterocycles. The molecule has 100 valence electrons. The Morgan fingerprint density at radius 2 is 2.11 bits per heavy atom. The van der Waals surface area contributed by atoms with E-state index in [4.69, 9.17) is 11.6 Å². The lowest BCUT2D eigenvalue weighted by atomic mass is 9.81. The zero-order valence-corrected chi connectivity index (χ0v) is 11.8. The number of aromatic nitrogens is 3. The van der Waals surface area contributed by atoms with Gasteiger partial charge in [-0.2, -0.15) is 5.10 Å². The molecule has 0 atom stereocenters. The van der Waals surface area contributed by atoms with Gasteiger partial charge in [0.05, 0.1) is 0 Å². The third kappa shape index (κ3) is 3.41. The number of carbonyl (C=O) groups is 1. The molecule has 1 aromatic carbocycles. The molecule has 0 bridgehead atoms. The van der Waals surface area contributed by atoms with Crippen LogP contribution in [0.2, 0.25) is 5.02 Å². The number of carbonyl (C=O) groups excluding carboxylic acids is 1. The fourth-order valence-corrected chi connectivity index (χ4v) is 2.09. The molecule has 1 aromatic heterocycles. The van der Waals surface area contributed by atoms with Crippen LogP contribution in [0.15, 0.2) is 36.9 Å². The Morgan fingerprint density at radius 1 is 1.37 bits per heavy atom. The van der Waals surface area contributed by atoms with E-state index in [1.165, 1.54) is 11.0 Å². The molecule has 0 fully saturated rings. The van der Waals surface area contributed by atoms with Gasteiger partial charge in [-0.15, -0.1) is 0 Å². The number of rotatable bonds is 5. The van der Waals surface area contributed by atoms with Crippen molar-refractivity contribution in [1.29, 1.82) is 0 Å². The van der Waals surface area contributed by atoms with E-state index in [9.17, 15) is 4.79 Å². The maximum Gasteiger partial charge on any atom is 0.160 e. The molecule has 0 aliphatic rings. The Balaban J connectivity index is 2.09. The lowest BCUT2D eigenvalue weighted by molar-refractivity contribution is -0.127. The van der Waals surface area contributed by atoms with Crippen molar-refractivity contribution in [3.63, 3.8) is 0 Å². The Hall–Kier alpha value is -1.68. The molecule has 0 saturated carbocycles. The summed E-state index contributed by atoms with van der Waals surface area (Å²) in [4.78, 5) is 16.2. The van der Waals surface area contributed by atoms with Crippen LogP contribution in [0.5, 0.6) is 0 Å². The quantitative estimate of drug-likeness (QED) is 0.844. The van der Waals surface area contributed by atoms with Crippen LogP contribution in [-0.4, -0.2) is 20.5 Å². The second kappa shape index (κ2) is 5.53. The monoisotopic (exact) mass is 277 g/mol. The first-order valence-corrected chi connectivity index (χ1v) is 6.46. The van der Waals surface area contributed by atoms with Crippen LogP contribution in [0.3, 0.4) is 0 Å². The molecule has 2 aromatic rings. The SMILES string of the molecule is CC(C)(Cc1ccccc1Cl)C(=O)Cn1cncn1. The van der Waals surface area contributed by atoms with Gasteiger partial charge in [0.2, 0.25) is 0 Å². The number of halogens is 1. The van der Waals surface area contributed by atoms with Crippen LogP contribution in [-0.2, 0) is 17.8 Å². The van der Waals surface area contributed by atoms with Crippen LogP contribution >= 0.6 is 11.6 Å². The molecule has 0 radical (unpaired) electrons. The molecule has 0 aliphatic heterocycles. The first-order chi connectivity index (χ1) is 8.99. The Labute approximate surface area is 117 Å². The summed E-state index contributed by atoms with van der Waals surface area (Å²) in [7, 11) is 0. The highest BCUT2D eigenvalue weighted by Crippen LogP contribution is 2.27. The highest BCUT2D eigenvalue weighted by atomic mass is 35.5. The zero-order valence-electron chi connectivity index (χ0n) is 11.0. The predicted octanol–water partition coefficient (Wildman–Crippen LogP) is 2.77. The normalized spacial score (nSPS) is 11.5. The first-order valence-electron chi connectivity index (χ1n) is 6.08. The molecule has 4 nitrogen and oxygen atoms in total. The minimum absolute atomic E-state index is 0.109. The minimum atomic E-state index is -0.489. The van der Waals surface area contributed by atoms with Crippen molar-refractivity contribution in [1.82, 2.24) is 14.8 Å². The van der Waals surface area contributed by atoms with Crippen molar-refractivity contribution in [2.45, 2.75) is 26.8 Å². The van der Waals surface area contributed by atoms with Crippen molar-refractivity contribution < 1.29 is 4.79 Å². The smallest absolute Gasteiger partial charge is 0.160 e.